The maximum atomic E-state index is 12.3. The molecule has 0 aliphatic heterocycles. The Morgan fingerprint density at radius 3 is 2.73 bits per heavy atom. The number of sulfonamides is 1. The lowest BCUT2D eigenvalue weighted by Gasteiger charge is -2.12. The highest BCUT2D eigenvalue weighted by Gasteiger charge is 2.46. The second kappa shape index (κ2) is 6.05. The standard InChI is InChI=1S/C12H9F3N2O3S2/c13-12(14,15)22(18,19)17-8-4-5-16-11(6-8)20-9-2-1-3-10(21)7-9/h1-2,4-7H,3H2,(H,16,17). The summed E-state index contributed by atoms with van der Waals surface area (Å²) in [5.41, 5.74) is -5.72. The molecule has 118 valence electrons. The average Bonchev–Trinajstić information content (AvgIpc) is 2.37. The number of pyridine rings is 1. The van der Waals surface area contributed by atoms with Crippen molar-refractivity contribution in [2.75, 3.05) is 4.72 Å². The number of thiocarbonyl (C=S) groups is 1. The molecule has 0 unspecified atom stereocenters. The van der Waals surface area contributed by atoms with Crippen LogP contribution in [0.1, 0.15) is 6.42 Å². The summed E-state index contributed by atoms with van der Waals surface area (Å²) in [7, 11) is -5.49. The third-order valence-corrected chi connectivity index (χ3v) is 3.82. The summed E-state index contributed by atoms with van der Waals surface area (Å²) in [5, 5.41) is 0. The minimum Gasteiger partial charge on any atom is -0.439 e. The molecule has 1 heterocycles. The van der Waals surface area contributed by atoms with Crippen LogP contribution in [0.2, 0.25) is 0 Å². The Bertz CT molecular complexity index is 755. The van der Waals surface area contributed by atoms with Gasteiger partial charge in [0.1, 0.15) is 5.76 Å². The fourth-order valence-electron chi connectivity index (χ4n) is 1.48. The van der Waals surface area contributed by atoms with Crippen LogP contribution in [-0.4, -0.2) is 23.8 Å². The smallest absolute Gasteiger partial charge is 0.439 e. The fourth-order valence-corrected chi connectivity index (χ4v) is 2.25. The molecule has 1 aromatic rings. The van der Waals surface area contributed by atoms with Gasteiger partial charge in [0.15, 0.2) is 0 Å². The molecular weight excluding hydrogens is 341 g/mol. The molecule has 1 N–H and O–H groups in total. The molecule has 22 heavy (non-hydrogen) atoms. The first kappa shape index (κ1) is 16.4. The van der Waals surface area contributed by atoms with E-state index >= 15 is 0 Å². The van der Waals surface area contributed by atoms with Crippen molar-refractivity contribution in [3.63, 3.8) is 0 Å². The summed E-state index contributed by atoms with van der Waals surface area (Å²) in [6.07, 6.45) is 6.68. The molecule has 5 nitrogen and oxygen atoms in total. The molecule has 2 rings (SSSR count). The molecule has 0 bridgehead atoms. The fraction of sp³-hybridized carbons (Fsp3) is 0.167. The Balaban J connectivity index is 2.18. The summed E-state index contributed by atoms with van der Waals surface area (Å²) in [6, 6.07) is 2.11. The molecule has 0 saturated carbocycles. The molecule has 1 aliphatic rings. The number of aromatic nitrogens is 1. The van der Waals surface area contributed by atoms with Crippen LogP contribution in [0.4, 0.5) is 18.9 Å². The van der Waals surface area contributed by atoms with Gasteiger partial charge in [-0.05, 0) is 18.2 Å². The van der Waals surface area contributed by atoms with E-state index in [-0.39, 0.29) is 11.6 Å². The second-order valence-corrected chi connectivity index (χ2v) is 6.35. The van der Waals surface area contributed by atoms with Crippen LogP contribution >= 0.6 is 12.2 Å². The van der Waals surface area contributed by atoms with Crippen molar-refractivity contribution in [2.45, 2.75) is 11.9 Å². The van der Waals surface area contributed by atoms with E-state index in [1.54, 1.807) is 18.2 Å². The minimum atomic E-state index is -5.49. The number of halogens is 3. The number of allylic oxidation sites excluding steroid dienone is 3. The van der Waals surface area contributed by atoms with Crippen LogP contribution in [0.15, 0.2) is 42.3 Å². The van der Waals surface area contributed by atoms with Crippen LogP contribution in [0.3, 0.4) is 0 Å². The van der Waals surface area contributed by atoms with Crippen molar-refractivity contribution >= 4 is 32.8 Å². The Hall–Kier alpha value is -1.94. The zero-order valence-electron chi connectivity index (χ0n) is 10.8. The molecule has 1 aromatic heterocycles. The largest absolute Gasteiger partial charge is 0.516 e. The second-order valence-electron chi connectivity index (χ2n) is 4.16. The number of nitrogens with one attached hydrogen (secondary N) is 1. The van der Waals surface area contributed by atoms with Crippen molar-refractivity contribution in [2.24, 2.45) is 0 Å². The average molecular weight is 350 g/mol. The number of hydrogen-bond donors (Lipinski definition) is 1. The van der Waals surface area contributed by atoms with E-state index in [2.05, 4.69) is 4.98 Å². The Kier molecular flexibility index (Phi) is 4.52. The highest BCUT2D eigenvalue weighted by atomic mass is 32.2. The number of rotatable bonds is 4. The van der Waals surface area contributed by atoms with Gasteiger partial charge < -0.3 is 4.74 Å². The third-order valence-electron chi connectivity index (χ3n) is 2.42. The van der Waals surface area contributed by atoms with E-state index in [4.69, 9.17) is 17.0 Å². The van der Waals surface area contributed by atoms with Crippen molar-refractivity contribution in [3.8, 4) is 5.88 Å². The zero-order chi connectivity index (χ0) is 16.4. The van der Waals surface area contributed by atoms with E-state index in [1.165, 1.54) is 4.72 Å². The zero-order valence-corrected chi connectivity index (χ0v) is 12.4. The number of alkyl halides is 3. The number of ether oxygens (including phenoxy) is 1. The highest BCUT2D eigenvalue weighted by Crippen LogP contribution is 2.26. The summed E-state index contributed by atoms with van der Waals surface area (Å²) < 4.78 is 65.7. The van der Waals surface area contributed by atoms with Gasteiger partial charge in [-0.2, -0.15) is 21.6 Å². The lowest BCUT2D eigenvalue weighted by atomic mass is 10.2. The molecule has 0 spiro atoms. The van der Waals surface area contributed by atoms with Crippen molar-refractivity contribution < 1.29 is 26.3 Å². The lowest BCUT2D eigenvalue weighted by Crippen LogP contribution is -2.29. The number of hydrogen-bond acceptors (Lipinski definition) is 5. The summed E-state index contributed by atoms with van der Waals surface area (Å²) >= 11 is 4.99. The van der Waals surface area contributed by atoms with Gasteiger partial charge in [-0.1, -0.05) is 18.3 Å². The first-order chi connectivity index (χ1) is 10.2. The Morgan fingerprint density at radius 2 is 2.09 bits per heavy atom. The first-order valence-corrected chi connectivity index (χ1v) is 7.70. The van der Waals surface area contributed by atoms with Gasteiger partial charge in [0.05, 0.1) is 5.69 Å². The maximum absolute atomic E-state index is 12.3. The first-order valence-electron chi connectivity index (χ1n) is 5.81. The summed E-state index contributed by atoms with van der Waals surface area (Å²) in [5.74, 6) is 0.294. The van der Waals surface area contributed by atoms with Gasteiger partial charge in [0.2, 0.25) is 5.88 Å². The Morgan fingerprint density at radius 1 is 1.36 bits per heavy atom. The van der Waals surface area contributed by atoms with E-state index in [0.717, 1.165) is 18.3 Å². The molecule has 1 aliphatic carbocycles. The van der Waals surface area contributed by atoms with Gasteiger partial charge in [0.25, 0.3) is 0 Å². The molecule has 0 atom stereocenters. The van der Waals surface area contributed by atoms with Crippen molar-refractivity contribution in [1.82, 2.24) is 4.98 Å². The van der Waals surface area contributed by atoms with Crippen LogP contribution in [0, 0.1) is 0 Å². The van der Waals surface area contributed by atoms with Gasteiger partial charge in [0, 0.05) is 23.5 Å². The topological polar surface area (TPSA) is 68.3 Å². The summed E-state index contributed by atoms with van der Waals surface area (Å²) in [4.78, 5) is 4.43. The highest BCUT2D eigenvalue weighted by molar-refractivity contribution is 7.93. The van der Waals surface area contributed by atoms with E-state index in [0.29, 0.717) is 17.0 Å². The molecule has 0 fully saturated rings. The monoisotopic (exact) mass is 350 g/mol. The Labute approximate surface area is 129 Å². The summed E-state index contributed by atoms with van der Waals surface area (Å²) in [6.45, 7) is 0. The predicted octanol–water partition coefficient (Wildman–Crippen LogP) is 2.94. The third kappa shape index (κ3) is 4.04. The van der Waals surface area contributed by atoms with Gasteiger partial charge in [-0.25, -0.2) is 4.98 Å². The molecule has 10 heteroatoms. The molecule has 0 saturated heterocycles. The van der Waals surface area contributed by atoms with Crippen LogP contribution in [0.25, 0.3) is 0 Å². The van der Waals surface area contributed by atoms with Gasteiger partial charge >= 0.3 is 15.5 Å². The van der Waals surface area contributed by atoms with Gasteiger partial charge in [-0.3, -0.25) is 4.72 Å². The van der Waals surface area contributed by atoms with E-state index in [9.17, 15) is 21.6 Å². The van der Waals surface area contributed by atoms with E-state index in [1.807, 2.05) is 0 Å². The molecule has 0 aromatic carbocycles. The van der Waals surface area contributed by atoms with Crippen molar-refractivity contribution in [3.05, 3.63) is 42.3 Å². The maximum Gasteiger partial charge on any atom is 0.516 e. The molecule has 0 amide bonds. The number of anilines is 1. The molecule has 0 radical (unpaired) electrons. The van der Waals surface area contributed by atoms with Crippen LogP contribution in [-0.2, 0) is 10.0 Å². The van der Waals surface area contributed by atoms with Crippen LogP contribution in [0.5, 0.6) is 5.88 Å². The lowest BCUT2D eigenvalue weighted by molar-refractivity contribution is -0.0429. The minimum absolute atomic E-state index is 0.0667. The SMILES string of the molecule is O=S(=O)(Nc1ccnc(OC2=CC(=S)CC=C2)c1)C(F)(F)F. The number of nitrogens with zero attached hydrogens (tertiary/aromatic N) is 1. The van der Waals surface area contributed by atoms with Gasteiger partial charge in [-0.15, -0.1) is 0 Å². The molecular formula is C12H9F3N2O3S2. The van der Waals surface area contributed by atoms with E-state index < -0.39 is 15.5 Å². The normalized spacial score (nSPS) is 15.4. The van der Waals surface area contributed by atoms with Crippen molar-refractivity contribution in [1.29, 1.82) is 0 Å². The van der Waals surface area contributed by atoms with Crippen LogP contribution < -0.4 is 9.46 Å². The quantitative estimate of drug-likeness (QED) is 0.846. The predicted molar refractivity (Wildman–Crippen MR) is 77.9 cm³/mol.